The number of benzene rings is 1. The third kappa shape index (κ3) is 3.99. The topological polar surface area (TPSA) is 66.5 Å². The standard InChI is InChI=1S/C12H16F3NO2.ClH/c1-11(2,6-17)10(16)8-5-7(12(13,14)15)3-4-9(8)18;/h3-5,10,17-18H,6,16H2,1-2H3;1H/t10-;/m1./s1. The fraction of sp³-hybridized carbons (Fsp3) is 0.500. The number of halogens is 4. The minimum atomic E-state index is -4.49. The van der Waals surface area contributed by atoms with Crippen molar-refractivity contribution in [3.05, 3.63) is 29.3 Å². The summed E-state index contributed by atoms with van der Waals surface area (Å²) in [6, 6.07) is 1.67. The molecule has 0 aliphatic carbocycles. The molecule has 1 aromatic rings. The van der Waals surface area contributed by atoms with Gasteiger partial charge in [-0.25, -0.2) is 0 Å². The van der Waals surface area contributed by atoms with Gasteiger partial charge in [0.2, 0.25) is 0 Å². The first-order valence-corrected chi connectivity index (χ1v) is 5.36. The van der Waals surface area contributed by atoms with E-state index in [-0.39, 0.29) is 30.3 Å². The average molecular weight is 300 g/mol. The van der Waals surface area contributed by atoms with Gasteiger partial charge < -0.3 is 15.9 Å². The second-order valence-corrected chi connectivity index (χ2v) is 4.90. The van der Waals surface area contributed by atoms with Gasteiger partial charge in [0.05, 0.1) is 5.56 Å². The van der Waals surface area contributed by atoms with Crippen molar-refractivity contribution in [2.45, 2.75) is 26.1 Å². The molecule has 1 aromatic carbocycles. The lowest BCUT2D eigenvalue weighted by molar-refractivity contribution is -0.137. The van der Waals surface area contributed by atoms with Gasteiger partial charge in [-0.15, -0.1) is 12.4 Å². The van der Waals surface area contributed by atoms with E-state index >= 15 is 0 Å². The summed E-state index contributed by atoms with van der Waals surface area (Å²) in [6.45, 7) is 2.92. The van der Waals surface area contributed by atoms with Crippen molar-refractivity contribution in [3.8, 4) is 5.75 Å². The highest BCUT2D eigenvalue weighted by Gasteiger charge is 2.34. The van der Waals surface area contributed by atoms with Crippen LogP contribution in [0.5, 0.6) is 5.75 Å². The predicted molar refractivity (Wildman–Crippen MR) is 68.2 cm³/mol. The van der Waals surface area contributed by atoms with E-state index in [9.17, 15) is 18.3 Å². The Kier molecular flexibility index (Phi) is 5.67. The molecule has 0 fully saturated rings. The molecule has 0 aliphatic heterocycles. The first-order valence-electron chi connectivity index (χ1n) is 5.36. The maximum Gasteiger partial charge on any atom is 0.416 e. The predicted octanol–water partition coefficient (Wildman–Crippen LogP) is 2.85. The molecule has 0 unspecified atom stereocenters. The summed E-state index contributed by atoms with van der Waals surface area (Å²) in [5, 5.41) is 18.8. The third-order valence-corrected chi connectivity index (χ3v) is 2.94. The molecule has 0 aliphatic rings. The monoisotopic (exact) mass is 299 g/mol. The number of rotatable bonds is 3. The minimum absolute atomic E-state index is 0. The van der Waals surface area contributed by atoms with E-state index in [0.29, 0.717) is 0 Å². The summed E-state index contributed by atoms with van der Waals surface area (Å²) in [5.74, 6) is -0.308. The molecule has 0 amide bonds. The lowest BCUT2D eigenvalue weighted by Crippen LogP contribution is -2.32. The zero-order chi connectivity index (χ0) is 14.1. The Hall–Kier alpha value is -0.980. The second-order valence-electron chi connectivity index (χ2n) is 4.90. The number of nitrogens with two attached hydrogens (primary N) is 1. The van der Waals surface area contributed by atoms with Crippen molar-refractivity contribution in [2.75, 3.05) is 6.61 Å². The van der Waals surface area contributed by atoms with Crippen LogP contribution in [-0.4, -0.2) is 16.8 Å². The van der Waals surface area contributed by atoms with E-state index in [1.165, 1.54) is 0 Å². The van der Waals surface area contributed by atoms with Gasteiger partial charge >= 0.3 is 6.18 Å². The fourth-order valence-electron chi connectivity index (χ4n) is 1.50. The number of hydrogen-bond acceptors (Lipinski definition) is 3. The van der Waals surface area contributed by atoms with E-state index < -0.39 is 23.2 Å². The Morgan fingerprint density at radius 2 is 1.79 bits per heavy atom. The average Bonchev–Trinajstić information content (AvgIpc) is 2.27. The van der Waals surface area contributed by atoms with Gasteiger partial charge in [-0.05, 0) is 18.2 Å². The normalized spacial score (nSPS) is 13.8. The SMILES string of the molecule is CC(C)(CO)[C@H](N)c1cc(C(F)(F)F)ccc1O.Cl. The second kappa shape index (κ2) is 5.98. The van der Waals surface area contributed by atoms with Crippen LogP contribution in [0.1, 0.15) is 31.0 Å². The highest BCUT2D eigenvalue weighted by molar-refractivity contribution is 5.85. The first kappa shape index (κ1) is 18.0. The number of hydrogen-bond donors (Lipinski definition) is 3. The van der Waals surface area contributed by atoms with Crippen LogP contribution in [0, 0.1) is 5.41 Å². The molecule has 4 N–H and O–H groups in total. The summed E-state index contributed by atoms with van der Waals surface area (Å²) in [5.41, 5.74) is 4.08. The molecule has 0 aromatic heterocycles. The van der Waals surface area contributed by atoms with Gasteiger partial charge in [0.25, 0.3) is 0 Å². The molecule has 110 valence electrons. The van der Waals surface area contributed by atoms with E-state index in [0.717, 1.165) is 18.2 Å². The Balaban J connectivity index is 0.00000324. The van der Waals surface area contributed by atoms with E-state index in [2.05, 4.69) is 0 Å². The van der Waals surface area contributed by atoms with E-state index in [1.807, 2.05) is 0 Å². The molecule has 1 rings (SSSR count). The molecule has 1 atom stereocenters. The van der Waals surface area contributed by atoms with Gasteiger partial charge in [0.15, 0.2) is 0 Å². The van der Waals surface area contributed by atoms with Crippen molar-refractivity contribution in [1.29, 1.82) is 0 Å². The van der Waals surface area contributed by atoms with Crippen LogP contribution in [0.4, 0.5) is 13.2 Å². The number of phenolic OH excluding ortho intramolecular Hbond substituents is 1. The highest BCUT2D eigenvalue weighted by atomic mass is 35.5. The van der Waals surface area contributed by atoms with Crippen LogP contribution in [0.15, 0.2) is 18.2 Å². The van der Waals surface area contributed by atoms with Gasteiger partial charge in [-0.2, -0.15) is 13.2 Å². The van der Waals surface area contributed by atoms with Gasteiger partial charge in [-0.1, -0.05) is 13.8 Å². The van der Waals surface area contributed by atoms with Crippen LogP contribution in [0.25, 0.3) is 0 Å². The summed E-state index contributed by atoms with van der Waals surface area (Å²) in [6.07, 6.45) is -4.49. The maximum atomic E-state index is 12.6. The van der Waals surface area contributed by atoms with Crippen LogP contribution in [0.2, 0.25) is 0 Å². The quantitative estimate of drug-likeness (QED) is 0.804. The number of phenols is 1. The lowest BCUT2D eigenvalue weighted by atomic mass is 9.81. The number of aliphatic hydroxyl groups excluding tert-OH is 1. The number of aromatic hydroxyl groups is 1. The Morgan fingerprint density at radius 3 is 2.21 bits per heavy atom. The largest absolute Gasteiger partial charge is 0.508 e. The number of alkyl halides is 3. The molecule has 0 saturated heterocycles. The zero-order valence-corrected chi connectivity index (χ0v) is 11.3. The summed E-state index contributed by atoms with van der Waals surface area (Å²) >= 11 is 0. The van der Waals surface area contributed by atoms with Gasteiger partial charge in [0, 0.05) is 23.6 Å². The van der Waals surface area contributed by atoms with Crippen molar-refractivity contribution >= 4 is 12.4 Å². The molecular formula is C12H17ClF3NO2. The van der Waals surface area contributed by atoms with Crippen LogP contribution in [-0.2, 0) is 6.18 Å². The Morgan fingerprint density at radius 1 is 1.26 bits per heavy atom. The molecule has 0 spiro atoms. The molecule has 0 radical (unpaired) electrons. The molecule has 19 heavy (non-hydrogen) atoms. The summed E-state index contributed by atoms with van der Waals surface area (Å²) < 4.78 is 37.7. The van der Waals surface area contributed by atoms with Crippen molar-refractivity contribution in [1.82, 2.24) is 0 Å². The minimum Gasteiger partial charge on any atom is -0.508 e. The molecule has 0 bridgehead atoms. The van der Waals surface area contributed by atoms with Gasteiger partial charge in [-0.3, -0.25) is 0 Å². The summed E-state index contributed by atoms with van der Waals surface area (Å²) in [4.78, 5) is 0. The van der Waals surface area contributed by atoms with Crippen molar-refractivity contribution < 1.29 is 23.4 Å². The Labute approximate surface area is 115 Å². The molecule has 3 nitrogen and oxygen atoms in total. The first-order chi connectivity index (χ1) is 8.09. The fourth-order valence-corrected chi connectivity index (χ4v) is 1.50. The van der Waals surface area contributed by atoms with Gasteiger partial charge in [0.1, 0.15) is 5.75 Å². The van der Waals surface area contributed by atoms with Crippen LogP contribution >= 0.6 is 12.4 Å². The molecule has 0 heterocycles. The summed E-state index contributed by atoms with van der Waals surface area (Å²) in [7, 11) is 0. The van der Waals surface area contributed by atoms with Crippen LogP contribution in [0.3, 0.4) is 0 Å². The molecule has 0 saturated carbocycles. The van der Waals surface area contributed by atoms with E-state index in [1.54, 1.807) is 13.8 Å². The third-order valence-electron chi connectivity index (χ3n) is 2.94. The Bertz CT molecular complexity index is 435. The zero-order valence-electron chi connectivity index (χ0n) is 10.5. The smallest absolute Gasteiger partial charge is 0.416 e. The highest BCUT2D eigenvalue weighted by Crippen LogP contribution is 2.38. The van der Waals surface area contributed by atoms with Crippen molar-refractivity contribution in [3.63, 3.8) is 0 Å². The van der Waals surface area contributed by atoms with E-state index in [4.69, 9.17) is 10.8 Å². The maximum absolute atomic E-state index is 12.6. The van der Waals surface area contributed by atoms with Crippen LogP contribution < -0.4 is 5.73 Å². The molecule has 7 heteroatoms. The number of aliphatic hydroxyl groups is 1. The lowest BCUT2D eigenvalue weighted by Gasteiger charge is -2.30. The van der Waals surface area contributed by atoms with Crippen molar-refractivity contribution in [2.24, 2.45) is 11.1 Å². The molecular weight excluding hydrogens is 283 g/mol.